The minimum absolute atomic E-state index is 0.00606. The highest BCUT2D eigenvalue weighted by Gasteiger charge is 2.36. The van der Waals surface area contributed by atoms with E-state index in [1.807, 2.05) is 44.2 Å². The lowest BCUT2D eigenvalue weighted by Gasteiger charge is -2.37. The van der Waals surface area contributed by atoms with Crippen LogP contribution >= 0.6 is 0 Å². The number of amides is 2. The second-order valence-corrected chi connectivity index (χ2v) is 9.65. The molecule has 1 aliphatic heterocycles. The Bertz CT molecular complexity index is 1180. The molecule has 0 bridgehead atoms. The molecule has 1 aliphatic rings. The van der Waals surface area contributed by atoms with Gasteiger partial charge in [-0.25, -0.2) is 4.98 Å². The molecule has 1 fully saturated rings. The van der Waals surface area contributed by atoms with E-state index < -0.39 is 29.9 Å². The van der Waals surface area contributed by atoms with Crippen LogP contribution in [0.15, 0.2) is 54.9 Å². The van der Waals surface area contributed by atoms with E-state index in [2.05, 4.69) is 20.3 Å². The number of nitrogens with one attached hydrogen (secondary N) is 1. The molecule has 4 N–H and O–H groups in total. The maximum Gasteiger partial charge on any atom is 0.271 e. The number of benzene rings is 1. The van der Waals surface area contributed by atoms with Gasteiger partial charge < -0.3 is 20.9 Å². The highest BCUT2D eigenvalue weighted by molar-refractivity contribution is 5.94. The van der Waals surface area contributed by atoms with E-state index in [9.17, 15) is 14.7 Å². The van der Waals surface area contributed by atoms with Gasteiger partial charge in [0.2, 0.25) is 5.91 Å². The first kappa shape index (κ1) is 25.7. The summed E-state index contributed by atoms with van der Waals surface area (Å²) in [4.78, 5) is 38.7. The second-order valence-electron chi connectivity index (χ2n) is 9.65. The fourth-order valence-corrected chi connectivity index (χ4v) is 5.09. The summed E-state index contributed by atoms with van der Waals surface area (Å²) in [7, 11) is 0. The average molecular weight is 492 g/mol. The number of fused-ring (bicyclic) bond motifs is 1. The standard InChI is InChI=1S/C27H33N5O4/c1-16-11-18(12-17(2)36-16)20(26(28)34)14-25(33)23(13-19-7-5-6-10-29-19)32-27(35)24-15-30-21-8-3-4-9-22(21)31-24/h3-10,15-18,20,23,25,33H,11-14H2,1-2H3,(H2,28,34)(H,32,35). The molecule has 36 heavy (non-hydrogen) atoms. The number of aliphatic hydroxyl groups is 1. The van der Waals surface area contributed by atoms with E-state index in [0.29, 0.717) is 29.6 Å². The second kappa shape index (κ2) is 11.5. The highest BCUT2D eigenvalue weighted by Crippen LogP contribution is 2.33. The summed E-state index contributed by atoms with van der Waals surface area (Å²) in [6.45, 7) is 3.96. The summed E-state index contributed by atoms with van der Waals surface area (Å²) in [5.74, 6) is -1.47. The fraction of sp³-hybridized carbons (Fsp3) is 0.444. The van der Waals surface area contributed by atoms with Crippen molar-refractivity contribution in [2.24, 2.45) is 17.6 Å². The Morgan fingerprint density at radius 1 is 1.08 bits per heavy atom. The highest BCUT2D eigenvalue weighted by atomic mass is 16.5. The smallest absolute Gasteiger partial charge is 0.271 e. The van der Waals surface area contributed by atoms with Crippen molar-refractivity contribution in [1.29, 1.82) is 0 Å². The molecule has 4 rings (SSSR count). The summed E-state index contributed by atoms with van der Waals surface area (Å²) in [5.41, 5.74) is 7.93. The molecule has 3 heterocycles. The van der Waals surface area contributed by atoms with Crippen molar-refractivity contribution < 1.29 is 19.4 Å². The Balaban J connectivity index is 1.54. The fourth-order valence-electron chi connectivity index (χ4n) is 5.09. The lowest BCUT2D eigenvalue weighted by atomic mass is 9.77. The van der Waals surface area contributed by atoms with Gasteiger partial charge >= 0.3 is 0 Å². The maximum absolute atomic E-state index is 13.1. The van der Waals surface area contributed by atoms with Crippen molar-refractivity contribution in [2.75, 3.05) is 0 Å². The van der Waals surface area contributed by atoms with Crippen molar-refractivity contribution >= 4 is 22.8 Å². The molecule has 3 aromatic rings. The van der Waals surface area contributed by atoms with Crippen LogP contribution < -0.4 is 11.1 Å². The first-order valence-electron chi connectivity index (χ1n) is 12.4. The first-order chi connectivity index (χ1) is 17.3. The van der Waals surface area contributed by atoms with Crippen LogP contribution in [0.25, 0.3) is 11.0 Å². The number of aromatic nitrogens is 3. The number of rotatable bonds is 9. The van der Waals surface area contributed by atoms with Crippen molar-refractivity contribution in [3.05, 3.63) is 66.2 Å². The van der Waals surface area contributed by atoms with E-state index in [1.165, 1.54) is 6.20 Å². The summed E-state index contributed by atoms with van der Waals surface area (Å²) >= 11 is 0. The molecule has 2 amide bonds. The van der Waals surface area contributed by atoms with Gasteiger partial charge in [-0.05, 0) is 63.3 Å². The van der Waals surface area contributed by atoms with Crippen molar-refractivity contribution in [1.82, 2.24) is 20.3 Å². The zero-order chi connectivity index (χ0) is 25.7. The summed E-state index contributed by atoms with van der Waals surface area (Å²) in [6.07, 6.45) is 3.84. The Morgan fingerprint density at radius 2 is 1.78 bits per heavy atom. The predicted molar refractivity (Wildman–Crippen MR) is 135 cm³/mol. The number of ether oxygens (including phenoxy) is 1. The van der Waals surface area contributed by atoms with Crippen LogP contribution in [-0.4, -0.2) is 56.2 Å². The van der Waals surface area contributed by atoms with Crippen LogP contribution in [0.5, 0.6) is 0 Å². The molecule has 0 aliphatic carbocycles. The molecule has 1 aromatic carbocycles. The minimum Gasteiger partial charge on any atom is -0.391 e. The van der Waals surface area contributed by atoms with Gasteiger partial charge in [0.1, 0.15) is 5.69 Å². The molecule has 0 spiro atoms. The number of nitrogens with two attached hydrogens (primary N) is 1. The number of carbonyl (C=O) groups is 2. The van der Waals surface area contributed by atoms with E-state index in [4.69, 9.17) is 10.5 Å². The average Bonchev–Trinajstić information content (AvgIpc) is 2.86. The molecular weight excluding hydrogens is 458 g/mol. The van der Waals surface area contributed by atoms with Crippen LogP contribution in [0.2, 0.25) is 0 Å². The number of hydrogen-bond donors (Lipinski definition) is 3. The third-order valence-electron chi connectivity index (χ3n) is 6.78. The Morgan fingerprint density at radius 3 is 2.44 bits per heavy atom. The largest absolute Gasteiger partial charge is 0.391 e. The van der Waals surface area contributed by atoms with E-state index in [-0.39, 0.29) is 36.7 Å². The molecule has 0 saturated carbocycles. The SMILES string of the molecule is CC1CC(C(CC(O)C(Cc2ccccn2)NC(=O)c2cnc3ccccc3n2)C(N)=O)CC(C)O1. The van der Waals surface area contributed by atoms with Gasteiger partial charge in [-0.15, -0.1) is 0 Å². The molecule has 9 heteroatoms. The molecular formula is C27H33N5O4. The van der Waals surface area contributed by atoms with Crippen molar-refractivity contribution in [2.45, 2.75) is 63.9 Å². The number of pyridine rings is 1. The predicted octanol–water partition coefficient (Wildman–Crippen LogP) is 2.42. The number of hydrogen-bond acceptors (Lipinski definition) is 7. The maximum atomic E-state index is 13.1. The molecule has 5 unspecified atom stereocenters. The van der Waals surface area contributed by atoms with Gasteiger partial charge in [0.25, 0.3) is 5.91 Å². The molecule has 2 aromatic heterocycles. The van der Waals surface area contributed by atoms with E-state index >= 15 is 0 Å². The number of primary amides is 1. The topological polar surface area (TPSA) is 140 Å². The van der Waals surface area contributed by atoms with Gasteiger partial charge in [-0.3, -0.25) is 19.6 Å². The van der Waals surface area contributed by atoms with Gasteiger partial charge in [0, 0.05) is 24.2 Å². The summed E-state index contributed by atoms with van der Waals surface area (Å²) in [5, 5.41) is 14.2. The van der Waals surface area contributed by atoms with Crippen LogP contribution in [0, 0.1) is 11.8 Å². The van der Waals surface area contributed by atoms with Crippen LogP contribution in [-0.2, 0) is 16.0 Å². The number of aliphatic hydroxyl groups excluding tert-OH is 1. The molecule has 0 radical (unpaired) electrons. The Labute approximate surface area is 210 Å². The van der Waals surface area contributed by atoms with Crippen molar-refractivity contribution in [3.8, 4) is 0 Å². The zero-order valence-corrected chi connectivity index (χ0v) is 20.6. The van der Waals surface area contributed by atoms with Crippen LogP contribution in [0.3, 0.4) is 0 Å². The van der Waals surface area contributed by atoms with Crippen LogP contribution in [0.4, 0.5) is 0 Å². The monoisotopic (exact) mass is 491 g/mol. The Hall–Kier alpha value is -3.43. The number of nitrogens with zero attached hydrogens (tertiary/aromatic N) is 3. The van der Waals surface area contributed by atoms with Gasteiger partial charge in [-0.1, -0.05) is 18.2 Å². The molecule has 5 atom stereocenters. The lowest BCUT2D eigenvalue weighted by Crippen LogP contribution is -2.48. The summed E-state index contributed by atoms with van der Waals surface area (Å²) < 4.78 is 5.82. The Kier molecular flexibility index (Phi) is 8.22. The molecule has 1 saturated heterocycles. The first-order valence-corrected chi connectivity index (χ1v) is 12.4. The zero-order valence-electron chi connectivity index (χ0n) is 20.6. The third kappa shape index (κ3) is 6.41. The van der Waals surface area contributed by atoms with Gasteiger partial charge in [0.15, 0.2) is 0 Å². The third-order valence-corrected chi connectivity index (χ3v) is 6.78. The quantitative estimate of drug-likeness (QED) is 0.417. The minimum atomic E-state index is -1.03. The molecule has 190 valence electrons. The van der Waals surface area contributed by atoms with Gasteiger partial charge in [-0.2, -0.15) is 0 Å². The summed E-state index contributed by atoms with van der Waals surface area (Å²) in [6, 6.07) is 12.0. The lowest BCUT2D eigenvalue weighted by molar-refractivity contribution is -0.129. The number of para-hydroxylation sites is 2. The normalized spacial score (nSPS) is 22.5. The van der Waals surface area contributed by atoms with E-state index in [1.54, 1.807) is 18.3 Å². The van der Waals surface area contributed by atoms with E-state index in [0.717, 1.165) is 0 Å². The van der Waals surface area contributed by atoms with Crippen molar-refractivity contribution in [3.63, 3.8) is 0 Å². The molecule has 9 nitrogen and oxygen atoms in total. The van der Waals surface area contributed by atoms with Crippen LogP contribution in [0.1, 0.15) is 49.3 Å². The van der Waals surface area contributed by atoms with Gasteiger partial charge in [0.05, 0.1) is 41.6 Å². The number of carbonyl (C=O) groups excluding carboxylic acids is 2.